The summed E-state index contributed by atoms with van der Waals surface area (Å²) < 4.78 is 1.67. The molecule has 104 valence electrons. The van der Waals surface area contributed by atoms with Crippen LogP contribution in [-0.2, 0) is 6.54 Å². The molecule has 0 saturated heterocycles. The van der Waals surface area contributed by atoms with Gasteiger partial charge in [-0.1, -0.05) is 6.07 Å². The van der Waals surface area contributed by atoms with Gasteiger partial charge in [0.05, 0.1) is 0 Å². The van der Waals surface area contributed by atoms with E-state index in [4.69, 9.17) is 0 Å². The number of carbonyl (C=O) groups is 1. The number of amides is 1. The van der Waals surface area contributed by atoms with Crippen molar-refractivity contribution in [2.24, 2.45) is 0 Å². The van der Waals surface area contributed by atoms with Crippen LogP contribution in [0.2, 0.25) is 0 Å². The van der Waals surface area contributed by atoms with E-state index in [2.05, 4.69) is 20.4 Å². The fraction of sp³-hybridized carbons (Fsp3) is 0.0667. The van der Waals surface area contributed by atoms with Crippen LogP contribution >= 0.6 is 0 Å². The summed E-state index contributed by atoms with van der Waals surface area (Å²) in [5, 5.41) is 7.04. The van der Waals surface area contributed by atoms with E-state index in [-0.39, 0.29) is 5.91 Å². The molecule has 0 fully saturated rings. The molecule has 6 heteroatoms. The minimum Gasteiger partial charge on any atom is -0.348 e. The summed E-state index contributed by atoms with van der Waals surface area (Å²) in [6.45, 7) is 0.379. The number of aromatic nitrogens is 4. The van der Waals surface area contributed by atoms with Gasteiger partial charge in [-0.3, -0.25) is 9.78 Å². The molecule has 0 bridgehead atoms. The van der Waals surface area contributed by atoms with Gasteiger partial charge >= 0.3 is 0 Å². The minimum atomic E-state index is -0.146. The summed E-state index contributed by atoms with van der Waals surface area (Å²) in [5.74, 6) is 0.560. The number of pyridine rings is 2. The lowest BCUT2D eigenvalue weighted by Crippen LogP contribution is -2.23. The predicted molar refractivity (Wildman–Crippen MR) is 76.8 cm³/mol. The molecule has 3 rings (SSSR count). The van der Waals surface area contributed by atoms with E-state index in [0.717, 1.165) is 5.56 Å². The largest absolute Gasteiger partial charge is 0.348 e. The van der Waals surface area contributed by atoms with Gasteiger partial charge in [-0.05, 0) is 24.3 Å². The van der Waals surface area contributed by atoms with Crippen molar-refractivity contribution in [1.82, 2.24) is 25.1 Å². The van der Waals surface area contributed by atoms with Crippen molar-refractivity contribution in [3.63, 3.8) is 0 Å². The fourth-order valence-corrected chi connectivity index (χ4v) is 1.95. The van der Waals surface area contributed by atoms with E-state index >= 15 is 0 Å². The van der Waals surface area contributed by atoms with Crippen molar-refractivity contribution in [3.05, 3.63) is 72.4 Å². The van der Waals surface area contributed by atoms with E-state index in [1.54, 1.807) is 41.6 Å². The molecule has 0 saturated carbocycles. The van der Waals surface area contributed by atoms with Crippen LogP contribution in [-0.4, -0.2) is 25.7 Å². The molecule has 0 aliphatic carbocycles. The lowest BCUT2D eigenvalue weighted by Gasteiger charge is -2.09. The van der Waals surface area contributed by atoms with E-state index < -0.39 is 0 Å². The first-order chi connectivity index (χ1) is 10.3. The minimum absolute atomic E-state index is 0.146. The van der Waals surface area contributed by atoms with Gasteiger partial charge in [0.1, 0.15) is 0 Å². The van der Waals surface area contributed by atoms with Crippen LogP contribution in [0.1, 0.15) is 15.9 Å². The zero-order chi connectivity index (χ0) is 14.5. The Balaban J connectivity index is 1.76. The van der Waals surface area contributed by atoms with Gasteiger partial charge in [0.15, 0.2) is 5.82 Å². The van der Waals surface area contributed by atoms with E-state index in [0.29, 0.717) is 17.9 Å². The highest BCUT2D eigenvalue weighted by molar-refractivity contribution is 5.93. The van der Waals surface area contributed by atoms with Crippen LogP contribution in [0.15, 0.2) is 61.3 Å². The maximum atomic E-state index is 12.0. The normalized spacial score (nSPS) is 10.3. The third kappa shape index (κ3) is 2.94. The molecule has 0 atom stereocenters. The molecule has 1 N–H and O–H groups in total. The smallest absolute Gasteiger partial charge is 0.251 e. The zero-order valence-electron chi connectivity index (χ0n) is 11.2. The van der Waals surface area contributed by atoms with Crippen LogP contribution in [0.4, 0.5) is 0 Å². The number of nitrogens with zero attached hydrogens (tertiary/aromatic N) is 4. The van der Waals surface area contributed by atoms with E-state index in [1.165, 1.54) is 0 Å². The van der Waals surface area contributed by atoms with Crippen molar-refractivity contribution < 1.29 is 4.79 Å². The highest BCUT2D eigenvalue weighted by atomic mass is 16.1. The molecule has 1 amide bonds. The highest BCUT2D eigenvalue weighted by Crippen LogP contribution is 2.10. The molecule has 0 aliphatic rings. The van der Waals surface area contributed by atoms with E-state index in [9.17, 15) is 4.79 Å². The molecule has 0 radical (unpaired) electrons. The van der Waals surface area contributed by atoms with Gasteiger partial charge in [-0.2, -0.15) is 5.10 Å². The number of hydrogen-bond donors (Lipinski definition) is 1. The molecule has 3 aromatic rings. The van der Waals surface area contributed by atoms with Gasteiger partial charge < -0.3 is 5.32 Å². The summed E-state index contributed by atoms with van der Waals surface area (Å²) in [6, 6.07) is 8.92. The number of carbonyl (C=O) groups excluding carboxylic acids is 1. The fourth-order valence-electron chi connectivity index (χ4n) is 1.95. The van der Waals surface area contributed by atoms with Crippen molar-refractivity contribution in [3.8, 4) is 5.82 Å². The quantitative estimate of drug-likeness (QED) is 0.787. The summed E-state index contributed by atoms with van der Waals surface area (Å²) in [5.41, 5.74) is 1.47. The Morgan fingerprint density at radius 3 is 2.71 bits per heavy atom. The Kier molecular flexibility index (Phi) is 3.68. The van der Waals surface area contributed by atoms with Crippen molar-refractivity contribution in [1.29, 1.82) is 0 Å². The Morgan fingerprint density at radius 2 is 1.95 bits per heavy atom. The van der Waals surface area contributed by atoms with Crippen LogP contribution < -0.4 is 5.32 Å². The van der Waals surface area contributed by atoms with Crippen LogP contribution in [0.5, 0.6) is 0 Å². The van der Waals surface area contributed by atoms with Crippen LogP contribution in [0, 0.1) is 0 Å². The summed E-state index contributed by atoms with van der Waals surface area (Å²) >= 11 is 0. The predicted octanol–water partition coefficient (Wildman–Crippen LogP) is 1.59. The Labute approximate surface area is 121 Å². The maximum Gasteiger partial charge on any atom is 0.251 e. The second kappa shape index (κ2) is 5.96. The summed E-state index contributed by atoms with van der Waals surface area (Å²) in [7, 11) is 0. The Bertz CT molecular complexity index is 725. The number of rotatable bonds is 4. The molecule has 3 heterocycles. The molecule has 3 aromatic heterocycles. The average molecular weight is 279 g/mol. The summed E-state index contributed by atoms with van der Waals surface area (Å²) in [6.07, 6.45) is 8.39. The van der Waals surface area contributed by atoms with Gasteiger partial charge in [-0.15, -0.1) is 0 Å². The molecule has 0 unspecified atom stereocenters. The SMILES string of the molecule is O=C(NCc1cccnc1-n1cccn1)c1ccncc1. The molecule has 0 aliphatic heterocycles. The van der Waals surface area contributed by atoms with Gasteiger partial charge in [0.2, 0.25) is 0 Å². The molecule has 0 aromatic carbocycles. The average Bonchev–Trinajstić information content (AvgIpc) is 3.08. The molecule has 6 nitrogen and oxygen atoms in total. The van der Waals surface area contributed by atoms with Crippen LogP contribution in [0.25, 0.3) is 5.82 Å². The monoisotopic (exact) mass is 279 g/mol. The molecule has 0 spiro atoms. The second-order valence-corrected chi connectivity index (χ2v) is 4.36. The third-order valence-corrected chi connectivity index (χ3v) is 2.97. The summed E-state index contributed by atoms with van der Waals surface area (Å²) in [4.78, 5) is 20.2. The Morgan fingerprint density at radius 1 is 1.10 bits per heavy atom. The molecular weight excluding hydrogens is 266 g/mol. The number of hydrogen-bond acceptors (Lipinski definition) is 4. The molecular formula is C15H13N5O. The Hall–Kier alpha value is -3.02. The van der Waals surface area contributed by atoms with Gasteiger partial charge in [0, 0.05) is 48.7 Å². The second-order valence-electron chi connectivity index (χ2n) is 4.36. The topological polar surface area (TPSA) is 72.7 Å². The standard InChI is InChI=1S/C15H13N5O/c21-15(12-4-8-16-9-5-12)18-11-13-3-1-6-17-14(13)20-10-2-7-19-20/h1-10H,11H2,(H,18,21). The van der Waals surface area contributed by atoms with E-state index in [1.807, 2.05) is 24.4 Å². The molecule has 21 heavy (non-hydrogen) atoms. The first-order valence-corrected chi connectivity index (χ1v) is 6.47. The number of nitrogens with one attached hydrogen (secondary N) is 1. The van der Waals surface area contributed by atoms with Gasteiger partial charge in [0.25, 0.3) is 5.91 Å². The highest BCUT2D eigenvalue weighted by Gasteiger charge is 2.09. The first kappa shape index (κ1) is 13.0. The van der Waals surface area contributed by atoms with Crippen molar-refractivity contribution in [2.75, 3.05) is 0 Å². The third-order valence-electron chi connectivity index (χ3n) is 2.97. The van der Waals surface area contributed by atoms with Crippen molar-refractivity contribution >= 4 is 5.91 Å². The van der Waals surface area contributed by atoms with Crippen LogP contribution in [0.3, 0.4) is 0 Å². The van der Waals surface area contributed by atoms with Gasteiger partial charge in [-0.25, -0.2) is 9.67 Å². The lowest BCUT2D eigenvalue weighted by molar-refractivity contribution is 0.0951. The first-order valence-electron chi connectivity index (χ1n) is 6.47. The zero-order valence-corrected chi connectivity index (χ0v) is 11.2. The lowest BCUT2D eigenvalue weighted by atomic mass is 10.2. The van der Waals surface area contributed by atoms with Crippen molar-refractivity contribution in [2.45, 2.75) is 6.54 Å². The maximum absolute atomic E-state index is 12.0.